The second kappa shape index (κ2) is 13.1. The Labute approximate surface area is 132 Å². The van der Waals surface area contributed by atoms with E-state index >= 15 is 0 Å². The molecule has 0 saturated carbocycles. The molecule has 2 N–H and O–H groups in total. The molecule has 8 heteroatoms. The van der Waals surface area contributed by atoms with Crippen LogP contribution in [0.25, 0.3) is 0 Å². The van der Waals surface area contributed by atoms with Crippen molar-refractivity contribution in [2.24, 2.45) is 0 Å². The van der Waals surface area contributed by atoms with E-state index < -0.39 is 28.0 Å². The van der Waals surface area contributed by atoms with E-state index in [-0.39, 0.29) is 6.42 Å². The lowest BCUT2D eigenvalue weighted by molar-refractivity contribution is -0.00709. The zero-order valence-electron chi connectivity index (χ0n) is 13.7. The van der Waals surface area contributed by atoms with Gasteiger partial charge in [0.1, 0.15) is 0 Å². The molecule has 1 atom stereocenters. The van der Waals surface area contributed by atoms with Crippen molar-refractivity contribution in [3.63, 3.8) is 0 Å². The fourth-order valence-electron chi connectivity index (χ4n) is 1.79. The van der Waals surface area contributed by atoms with Gasteiger partial charge in [0.2, 0.25) is 0 Å². The molecule has 22 heavy (non-hydrogen) atoms. The highest BCUT2D eigenvalue weighted by atomic mass is 32.2. The molecule has 0 aromatic heterocycles. The molecule has 0 fully saturated rings. The van der Waals surface area contributed by atoms with Crippen LogP contribution in [0.4, 0.5) is 13.2 Å². The normalized spacial score (nSPS) is 13.4. The summed E-state index contributed by atoms with van der Waals surface area (Å²) in [6.45, 7) is 2.11. The first-order valence-corrected chi connectivity index (χ1v) is 9.16. The van der Waals surface area contributed by atoms with E-state index in [9.17, 15) is 21.6 Å². The third-order valence-electron chi connectivity index (χ3n) is 3.02. The summed E-state index contributed by atoms with van der Waals surface area (Å²) in [5.41, 5.74) is 0. The maximum Gasteiger partial charge on any atom is 0.400 e. The average Bonchev–Trinajstić information content (AvgIpc) is 2.41. The van der Waals surface area contributed by atoms with Crippen molar-refractivity contribution >= 4 is 10.1 Å². The largest absolute Gasteiger partial charge is 0.400 e. The van der Waals surface area contributed by atoms with Gasteiger partial charge in [0.25, 0.3) is 0 Å². The summed E-state index contributed by atoms with van der Waals surface area (Å²) in [6, 6.07) is 0. The van der Waals surface area contributed by atoms with Gasteiger partial charge in [-0.05, 0) is 20.5 Å². The molecule has 0 aromatic rings. The number of alkyl halides is 3. The number of hydrogen-bond donors (Lipinski definition) is 2. The Hall–Kier alpha value is -0.340. The van der Waals surface area contributed by atoms with Crippen LogP contribution >= 0.6 is 0 Å². The SMILES string of the molecule is CCCCCCCCCCC(F)C(F)(F)S(=O)(=O)O.CNC. The summed E-state index contributed by atoms with van der Waals surface area (Å²) in [7, 11) is -1.92. The fourth-order valence-corrected chi connectivity index (χ4v) is 2.23. The molecular weight excluding hydrogens is 319 g/mol. The first kappa shape index (κ1) is 23.9. The van der Waals surface area contributed by atoms with Crippen molar-refractivity contribution in [3.05, 3.63) is 0 Å². The Kier molecular flexibility index (Phi) is 14.3. The van der Waals surface area contributed by atoms with Crippen LogP contribution in [0.15, 0.2) is 0 Å². The zero-order chi connectivity index (χ0) is 17.6. The summed E-state index contributed by atoms with van der Waals surface area (Å²) < 4.78 is 67.5. The van der Waals surface area contributed by atoms with Gasteiger partial charge in [0.05, 0.1) is 0 Å². The number of nitrogens with one attached hydrogen (secondary N) is 1. The maximum absolute atomic E-state index is 13.1. The van der Waals surface area contributed by atoms with E-state index in [4.69, 9.17) is 4.55 Å². The number of hydrogen-bond acceptors (Lipinski definition) is 3. The summed E-state index contributed by atoms with van der Waals surface area (Å²) >= 11 is 0. The van der Waals surface area contributed by atoms with Crippen LogP contribution in [0.3, 0.4) is 0 Å². The highest BCUT2D eigenvalue weighted by molar-refractivity contribution is 7.86. The van der Waals surface area contributed by atoms with E-state index in [1.807, 2.05) is 14.1 Å². The molecule has 0 saturated heterocycles. The van der Waals surface area contributed by atoms with Gasteiger partial charge in [0.15, 0.2) is 6.17 Å². The molecule has 0 aliphatic rings. The van der Waals surface area contributed by atoms with Gasteiger partial charge in [-0.2, -0.15) is 17.2 Å². The van der Waals surface area contributed by atoms with Gasteiger partial charge in [-0.1, -0.05) is 58.3 Å². The van der Waals surface area contributed by atoms with Crippen molar-refractivity contribution in [3.8, 4) is 0 Å². The monoisotopic (exact) mass is 349 g/mol. The zero-order valence-corrected chi connectivity index (χ0v) is 14.6. The molecule has 1 unspecified atom stereocenters. The minimum absolute atomic E-state index is 0.194. The maximum atomic E-state index is 13.1. The molecule has 0 rings (SSSR count). The Morgan fingerprint density at radius 1 is 1.00 bits per heavy atom. The molecule has 136 valence electrons. The highest BCUT2D eigenvalue weighted by Gasteiger charge is 2.52. The lowest BCUT2D eigenvalue weighted by Crippen LogP contribution is -2.38. The Morgan fingerprint density at radius 3 is 1.73 bits per heavy atom. The average molecular weight is 349 g/mol. The molecular formula is C14H30F3NO3S. The van der Waals surface area contributed by atoms with Crippen LogP contribution in [0.1, 0.15) is 64.7 Å². The van der Waals surface area contributed by atoms with E-state index in [1.165, 1.54) is 6.42 Å². The van der Waals surface area contributed by atoms with Crippen LogP contribution in [-0.2, 0) is 10.1 Å². The van der Waals surface area contributed by atoms with Gasteiger partial charge >= 0.3 is 15.4 Å². The van der Waals surface area contributed by atoms with E-state index in [1.54, 1.807) is 0 Å². The molecule has 0 bridgehead atoms. The van der Waals surface area contributed by atoms with Gasteiger partial charge in [-0.25, -0.2) is 4.39 Å². The predicted octanol–water partition coefficient (Wildman–Crippen LogP) is 4.17. The molecule has 0 aromatic carbocycles. The molecule has 0 heterocycles. The highest BCUT2D eigenvalue weighted by Crippen LogP contribution is 2.30. The second-order valence-electron chi connectivity index (χ2n) is 5.27. The summed E-state index contributed by atoms with van der Waals surface area (Å²) in [5.74, 6) is 0. The molecule has 0 spiro atoms. The van der Waals surface area contributed by atoms with Crippen LogP contribution in [-0.4, -0.2) is 38.5 Å². The number of rotatable bonds is 11. The van der Waals surface area contributed by atoms with Crippen LogP contribution < -0.4 is 5.32 Å². The molecule has 0 aliphatic carbocycles. The molecule has 0 radical (unpaired) electrons. The lowest BCUT2D eigenvalue weighted by Gasteiger charge is -2.17. The third-order valence-corrected chi connectivity index (χ3v) is 3.96. The molecule has 4 nitrogen and oxygen atoms in total. The van der Waals surface area contributed by atoms with Crippen LogP contribution in [0.5, 0.6) is 0 Å². The Bertz CT molecular complexity index is 351. The topological polar surface area (TPSA) is 66.4 Å². The first-order valence-electron chi connectivity index (χ1n) is 7.72. The standard InChI is InChI=1S/C12H23F3O3S.C2H7N/c1-2-3-4-5-6-7-8-9-10-11(13)12(14,15)19(16,17)18;1-3-2/h11H,2-10H2,1H3,(H,16,17,18);3H,1-2H3. The van der Waals surface area contributed by atoms with Crippen molar-refractivity contribution in [2.75, 3.05) is 14.1 Å². The van der Waals surface area contributed by atoms with Crippen molar-refractivity contribution in [1.29, 1.82) is 0 Å². The second-order valence-corrected chi connectivity index (χ2v) is 6.76. The van der Waals surface area contributed by atoms with Crippen molar-refractivity contribution in [2.45, 2.75) is 76.1 Å². The number of halogens is 3. The van der Waals surface area contributed by atoms with Crippen LogP contribution in [0.2, 0.25) is 0 Å². The van der Waals surface area contributed by atoms with Crippen molar-refractivity contribution in [1.82, 2.24) is 5.32 Å². The van der Waals surface area contributed by atoms with Gasteiger partial charge < -0.3 is 5.32 Å². The number of unbranched alkanes of at least 4 members (excludes halogenated alkanes) is 7. The van der Waals surface area contributed by atoms with Gasteiger partial charge in [-0.15, -0.1) is 0 Å². The molecule has 0 aliphatic heterocycles. The quantitative estimate of drug-likeness (QED) is 0.434. The van der Waals surface area contributed by atoms with E-state index in [0.29, 0.717) is 6.42 Å². The van der Waals surface area contributed by atoms with Gasteiger partial charge in [0, 0.05) is 0 Å². The van der Waals surface area contributed by atoms with Crippen molar-refractivity contribution < 1.29 is 26.1 Å². The van der Waals surface area contributed by atoms with E-state index in [0.717, 1.165) is 32.1 Å². The Morgan fingerprint density at radius 2 is 1.36 bits per heavy atom. The fraction of sp³-hybridized carbons (Fsp3) is 1.00. The minimum Gasteiger partial charge on any atom is -0.323 e. The first-order chi connectivity index (χ1) is 10.1. The predicted molar refractivity (Wildman–Crippen MR) is 83.6 cm³/mol. The summed E-state index contributed by atoms with van der Waals surface area (Å²) in [6.07, 6.45) is 3.73. The summed E-state index contributed by atoms with van der Waals surface area (Å²) in [5, 5.41) is -1.95. The third kappa shape index (κ3) is 11.3. The van der Waals surface area contributed by atoms with E-state index in [2.05, 4.69) is 12.2 Å². The minimum atomic E-state index is -5.67. The van der Waals surface area contributed by atoms with Gasteiger partial charge in [-0.3, -0.25) is 4.55 Å². The molecule has 0 amide bonds. The Balaban J connectivity index is 0. The van der Waals surface area contributed by atoms with Crippen LogP contribution in [0, 0.1) is 0 Å². The summed E-state index contributed by atoms with van der Waals surface area (Å²) in [4.78, 5) is 0. The lowest BCUT2D eigenvalue weighted by atomic mass is 10.1. The smallest absolute Gasteiger partial charge is 0.323 e.